The van der Waals surface area contributed by atoms with Crippen molar-refractivity contribution in [3.8, 4) is 11.3 Å². The summed E-state index contributed by atoms with van der Waals surface area (Å²) in [5.41, 5.74) is 7.84. The number of nitrogen functional groups attached to an aromatic ring is 1. The molecule has 0 saturated carbocycles. The molecule has 11 heteroatoms. The molecule has 2 amide bonds. The van der Waals surface area contributed by atoms with Crippen molar-refractivity contribution in [3.05, 3.63) is 59.2 Å². The lowest BCUT2D eigenvalue weighted by Crippen LogP contribution is -2.40. The van der Waals surface area contributed by atoms with Crippen molar-refractivity contribution in [1.29, 1.82) is 0 Å². The summed E-state index contributed by atoms with van der Waals surface area (Å²) in [6.45, 7) is 4.15. The first-order chi connectivity index (χ1) is 16.2. The third kappa shape index (κ3) is 3.84. The predicted octanol–water partition coefficient (Wildman–Crippen LogP) is 3.51. The van der Waals surface area contributed by atoms with Crippen LogP contribution in [0.15, 0.2) is 36.8 Å². The van der Waals surface area contributed by atoms with E-state index in [4.69, 9.17) is 5.73 Å². The number of hydrogen-bond acceptors (Lipinski definition) is 5. The zero-order valence-electron chi connectivity index (χ0n) is 18.6. The fourth-order valence-electron chi connectivity index (χ4n) is 4.89. The number of halogens is 3. The third-order valence-corrected chi connectivity index (χ3v) is 6.85. The van der Waals surface area contributed by atoms with Gasteiger partial charge in [-0.3, -0.25) is 9.67 Å². The number of aryl methyl sites for hydroxylation is 2. The van der Waals surface area contributed by atoms with Gasteiger partial charge in [0.15, 0.2) is 0 Å². The summed E-state index contributed by atoms with van der Waals surface area (Å²) in [4.78, 5) is 22.4. The highest BCUT2D eigenvalue weighted by Crippen LogP contribution is 2.44. The molecular formula is C23H24F3N7O. The number of anilines is 1. The third-order valence-electron chi connectivity index (χ3n) is 6.85. The number of pyridine rings is 2. The first-order valence-corrected chi connectivity index (χ1v) is 11.0. The lowest BCUT2D eigenvalue weighted by Gasteiger charge is -2.23. The standard InChI is InChI=1S/C23H24F3N7O/c1-14-10-28-5-2-15(14)11-30-21(34)32-6-3-22(13-32)4-7-33-19(22)9-18(31-33)16-8-17(23(24,25)26)20(27)29-12-16/h2,5,8-10,12H,3-4,6-7,11,13H2,1H3,(H2,27,29)(H,30,34)/t22-/m1/s1. The summed E-state index contributed by atoms with van der Waals surface area (Å²) in [5, 5.41) is 7.51. The molecule has 8 nitrogen and oxygen atoms in total. The summed E-state index contributed by atoms with van der Waals surface area (Å²) >= 11 is 0. The Kier molecular flexibility index (Phi) is 5.22. The minimum atomic E-state index is -4.59. The summed E-state index contributed by atoms with van der Waals surface area (Å²) in [7, 11) is 0. The average molecular weight is 471 g/mol. The van der Waals surface area contributed by atoms with Gasteiger partial charge < -0.3 is 16.0 Å². The normalized spacial score (nSPS) is 19.6. The molecule has 2 aliphatic rings. The molecule has 0 unspecified atom stereocenters. The van der Waals surface area contributed by atoms with Crippen LogP contribution in [-0.2, 0) is 24.7 Å². The molecular weight excluding hydrogens is 447 g/mol. The van der Waals surface area contributed by atoms with Crippen molar-refractivity contribution >= 4 is 11.8 Å². The quantitative estimate of drug-likeness (QED) is 0.609. The van der Waals surface area contributed by atoms with Crippen LogP contribution in [0.1, 0.15) is 35.2 Å². The number of carbonyl (C=O) groups excluding carboxylic acids is 1. The average Bonchev–Trinajstić information content (AvgIpc) is 3.49. The Morgan fingerprint density at radius 1 is 1.24 bits per heavy atom. The van der Waals surface area contributed by atoms with Crippen LogP contribution in [-0.4, -0.2) is 43.8 Å². The van der Waals surface area contributed by atoms with Gasteiger partial charge in [0.1, 0.15) is 5.82 Å². The molecule has 3 aromatic heterocycles. The van der Waals surface area contributed by atoms with Crippen molar-refractivity contribution in [1.82, 2.24) is 30.0 Å². The van der Waals surface area contributed by atoms with Gasteiger partial charge in [0.25, 0.3) is 0 Å². The molecule has 178 valence electrons. The van der Waals surface area contributed by atoms with E-state index in [9.17, 15) is 18.0 Å². The van der Waals surface area contributed by atoms with Crippen LogP contribution < -0.4 is 11.1 Å². The molecule has 1 fully saturated rings. The number of nitrogens with two attached hydrogens (primary N) is 1. The first kappa shape index (κ1) is 22.2. The number of likely N-dealkylation sites (tertiary alicyclic amines) is 1. The second-order valence-electron chi connectivity index (χ2n) is 8.96. The van der Waals surface area contributed by atoms with E-state index in [0.717, 1.165) is 35.7 Å². The molecule has 3 aromatic rings. The van der Waals surface area contributed by atoms with E-state index in [1.165, 1.54) is 6.20 Å². The number of rotatable bonds is 3. The van der Waals surface area contributed by atoms with Crippen LogP contribution in [0.2, 0.25) is 0 Å². The highest BCUT2D eigenvalue weighted by molar-refractivity contribution is 5.75. The Hall–Kier alpha value is -3.63. The second-order valence-corrected chi connectivity index (χ2v) is 8.96. The zero-order chi connectivity index (χ0) is 24.1. The molecule has 34 heavy (non-hydrogen) atoms. The topological polar surface area (TPSA) is 102 Å². The number of alkyl halides is 3. The molecule has 3 N–H and O–H groups in total. The molecule has 1 saturated heterocycles. The summed E-state index contributed by atoms with van der Waals surface area (Å²) in [6, 6.07) is 4.56. The molecule has 5 heterocycles. The van der Waals surface area contributed by atoms with Crippen molar-refractivity contribution in [2.45, 2.75) is 44.4 Å². The number of carbonyl (C=O) groups is 1. The van der Waals surface area contributed by atoms with Crippen LogP contribution >= 0.6 is 0 Å². The van der Waals surface area contributed by atoms with Gasteiger partial charge >= 0.3 is 12.2 Å². The van der Waals surface area contributed by atoms with Crippen molar-refractivity contribution < 1.29 is 18.0 Å². The van der Waals surface area contributed by atoms with Gasteiger partial charge in [-0.1, -0.05) is 0 Å². The number of hydrogen-bond donors (Lipinski definition) is 2. The highest BCUT2D eigenvalue weighted by atomic mass is 19.4. The Labute approximate surface area is 194 Å². The summed E-state index contributed by atoms with van der Waals surface area (Å²) in [5.74, 6) is -0.557. The van der Waals surface area contributed by atoms with E-state index in [0.29, 0.717) is 31.9 Å². The number of aromatic nitrogens is 4. The summed E-state index contributed by atoms with van der Waals surface area (Å²) < 4.78 is 41.6. The van der Waals surface area contributed by atoms with E-state index in [1.807, 2.05) is 23.7 Å². The monoisotopic (exact) mass is 471 g/mol. The zero-order valence-corrected chi connectivity index (χ0v) is 18.6. The molecule has 0 radical (unpaired) electrons. The Morgan fingerprint density at radius 2 is 2.03 bits per heavy atom. The van der Waals surface area contributed by atoms with E-state index < -0.39 is 17.6 Å². The SMILES string of the molecule is Cc1cnccc1CNC(=O)N1CC[C@@]2(CCn3nc(-c4cnc(N)c(C(F)(F)F)c4)cc32)C1. The van der Waals surface area contributed by atoms with Crippen LogP contribution in [0.4, 0.5) is 23.8 Å². The lowest BCUT2D eigenvalue weighted by molar-refractivity contribution is -0.137. The Bertz CT molecular complexity index is 1260. The number of amides is 2. The van der Waals surface area contributed by atoms with Crippen LogP contribution in [0, 0.1) is 6.92 Å². The maximum Gasteiger partial charge on any atom is 0.419 e. The minimum Gasteiger partial charge on any atom is -0.383 e. The minimum absolute atomic E-state index is 0.135. The van der Waals surface area contributed by atoms with Crippen molar-refractivity contribution in [2.24, 2.45) is 0 Å². The van der Waals surface area contributed by atoms with Gasteiger partial charge in [0.05, 0.1) is 11.3 Å². The van der Waals surface area contributed by atoms with E-state index in [2.05, 4.69) is 20.4 Å². The summed E-state index contributed by atoms with van der Waals surface area (Å²) in [6.07, 6.45) is 1.78. The smallest absolute Gasteiger partial charge is 0.383 e. The van der Waals surface area contributed by atoms with Gasteiger partial charge in [-0.05, 0) is 49.1 Å². The van der Waals surface area contributed by atoms with Gasteiger partial charge in [0.2, 0.25) is 0 Å². The van der Waals surface area contributed by atoms with E-state index >= 15 is 0 Å². The second kappa shape index (κ2) is 8.00. The van der Waals surface area contributed by atoms with Crippen molar-refractivity contribution in [3.63, 3.8) is 0 Å². The van der Waals surface area contributed by atoms with Crippen LogP contribution in [0.5, 0.6) is 0 Å². The molecule has 0 aromatic carbocycles. The first-order valence-electron chi connectivity index (χ1n) is 11.0. The maximum absolute atomic E-state index is 13.3. The number of fused-ring (bicyclic) bond motifs is 2. The van der Waals surface area contributed by atoms with E-state index in [-0.39, 0.29) is 17.0 Å². The fraction of sp³-hybridized carbons (Fsp3) is 0.391. The van der Waals surface area contributed by atoms with Crippen molar-refractivity contribution in [2.75, 3.05) is 18.8 Å². The molecule has 1 spiro atoms. The van der Waals surface area contributed by atoms with Gasteiger partial charge in [-0.2, -0.15) is 18.3 Å². The van der Waals surface area contributed by atoms with E-state index in [1.54, 1.807) is 17.3 Å². The number of nitrogens with zero attached hydrogens (tertiary/aromatic N) is 5. The largest absolute Gasteiger partial charge is 0.419 e. The predicted molar refractivity (Wildman–Crippen MR) is 119 cm³/mol. The molecule has 1 atom stereocenters. The van der Waals surface area contributed by atoms with Crippen LogP contribution in [0.25, 0.3) is 11.3 Å². The lowest BCUT2D eigenvalue weighted by atomic mass is 9.82. The Morgan fingerprint density at radius 3 is 2.79 bits per heavy atom. The molecule has 0 bridgehead atoms. The molecule has 5 rings (SSSR count). The highest BCUT2D eigenvalue weighted by Gasteiger charge is 2.47. The van der Waals surface area contributed by atoms with Gasteiger partial charge in [0, 0.05) is 61.4 Å². The number of nitrogens with one attached hydrogen (secondary N) is 1. The molecule has 0 aliphatic carbocycles. The Balaban J connectivity index is 1.33. The molecule has 2 aliphatic heterocycles. The van der Waals surface area contributed by atoms with Gasteiger partial charge in [-0.15, -0.1) is 0 Å². The van der Waals surface area contributed by atoms with Crippen LogP contribution in [0.3, 0.4) is 0 Å². The number of urea groups is 1. The van der Waals surface area contributed by atoms with Gasteiger partial charge in [-0.25, -0.2) is 9.78 Å². The fourth-order valence-corrected chi connectivity index (χ4v) is 4.89. The maximum atomic E-state index is 13.3.